The van der Waals surface area contributed by atoms with E-state index in [-0.39, 0.29) is 57.5 Å². The number of amides is 1. The summed E-state index contributed by atoms with van der Waals surface area (Å²) in [6.07, 6.45) is 3.20. The molecule has 3 aromatic rings. The zero-order valence-electron chi connectivity index (χ0n) is 17.9. The van der Waals surface area contributed by atoms with E-state index < -0.39 is 35.4 Å². The second-order valence-corrected chi connectivity index (χ2v) is 8.59. The number of carbonyl (C=O) groups is 4. The summed E-state index contributed by atoms with van der Waals surface area (Å²) in [5, 5.41) is 14.3. The van der Waals surface area contributed by atoms with Crippen LogP contribution in [0, 0.1) is 6.92 Å². The van der Waals surface area contributed by atoms with Crippen molar-refractivity contribution in [1.29, 1.82) is 0 Å². The van der Waals surface area contributed by atoms with Gasteiger partial charge in [-0.2, -0.15) is 5.10 Å². The molecule has 33 heavy (non-hydrogen) atoms. The van der Waals surface area contributed by atoms with Gasteiger partial charge in [0.2, 0.25) is 5.91 Å². The number of thiocarbonyl (C=S) groups is 1. The Hall–Kier alpha value is -2.51. The van der Waals surface area contributed by atoms with E-state index in [1.54, 1.807) is 31.5 Å². The molecule has 1 atom stereocenters. The first-order valence-electron chi connectivity index (χ1n) is 9.19. The average molecular weight is 497 g/mol. The van der Waals surface area contributed by atoms with Gasteiger partial charge in [0.1, 0.15) is 12.4 Å². The number of primary amides is 1. The number of carboxylic acid groups (broad SMARTS) is 1. The van der Waals surface area contributed by atoms with Crippen LogP contribution in [0.2, 0.25) is 0 Å². The summed E-state index contributed by atoms with van der Waals surface area (Å²) in [4.78, 5) is 48.4. The number of thioether (sulfide) groups is 1. The minimum Gasteiger partial charge on any atom is -0.546 e. The van der Waals surface area contributed by atoms with Gasteiger partial charge in [-0.05, 0) is 32.0 Å². The number of fused-ring (bicyclic) bond motifs is 1. The second kappa shape index (κ2) is 11.1. The van der Waals surface area contributed by atoms with Crippen molar-refractivity contribution in [2.75, 3.05) is 6.61 Å². The van der Waals surface area contributed by atoms with Crippen LogP contribution in [0.25, 0.3) is 10.9 Å². The summed E-state index contributed by atoms with van der Waals surface area (Å²) in [6, 6.07) is 6.19. The summed E-state index contributed by atoms with van der Waals surface area (Å²) in [5.41, 5.74) is 5.49. The van der Waals surface area contributed by atoms with Gasteiger partial charge in [0, 0.05) is 18.1 Å². The fourth-order valence-corrected chi connectivity index (χ4v) is 4.45. The van der Waals surface area contributed by atoms with E-state index in [1.165, 1.54) is 28.3 Å². The van der Waals surface area contributed by atoms with Crippen LogP contribution >= 0.6 is 24.0 Å². The summed E-state index contributed by atoms with van der Waals surface area (Å²) in [6.45, 7) is 2.34. The molecule has 0 bridgehead atoms. The Morgan fingerprint density at radius 2 is 1.97 bits per heavy atom. The fourth-order valence-electron chi connectivity index (χ4n) is 3.19. The van der Waals surface area contributed by atoms with E-state index in [0.29, 0.717) is 4.32 Å². The van der Waals surface area contributed by atoms with Crippen LogP contribution in [0.1, 0.15) is 27.8 Å². The maximum Gasteiger partial charge on any atom is 1.00 e. The minimum absolute atomic E-state index is 0. The quantitative estimate of drug-likeness (QED) is 0.163. The zero-order chi connectivity index (χ0) is 23.6. The predicted molar refractivity (Wildman–Crippen MR) is 119 cm³/mol. The van der Waals surface area contributed by atoms with Gasteiger partial charge in [-0.3, -0.25) is 19.0 Å². The van der Waals surface area contributed by atoms with Crippen LogP contribution in [-0.4, -0.2) is 54.1 Å². The Morgan fingerprint density at radius 3 is 2.55 bits per heavy atom. The summed E-state index contributed by atoms with van der Waals surface area (Å²) in [7, 11) is 0. The van der Waals surface area contributed by atoms with Crippen molar-refractivity contribution in [2.24, 2.45) is 5.73 Å². The van der Waals surface area contributed by atoms with Crippen LogP contribution < -0.4 is 45.1 Å². The van der Waals surface area contributed by atoms with Crippen molar-refractivity contribution in [1.82, 2.24) is 14.3 Å². The number of ether oxygens (including phenoxy) is 1. The molecule has 0 aliphatic carbocycles. The van der Waals surface area contributed by atoms with Crippen LogP contribution in [0.4, 0.5) is 0 Å². The van der Waals surface area contributed by atoms with Gasteiger partial charge < -0.3 is 20.4 Å². The zero-order valence-corrected chi connectivity index (χ0v) is 21.6. The number of benzene rings is 1. The minimum atomic E-state index is -1.48. The van der Waals surface area contributed by atoms with Crippen LogP contribution in [0.3, 0.4) is 0 Å². The Morgan fingerprint density at radius 1 is 1.27 bits per heavy atom. The Bertz CT molecular complexity index is 1260. The van der Waals surface area contributed by atoms with Gasteiger partial charge in [0.25, 0.3) is 11.7 Å². The number of nitrogens with zero attached hydrogens (tertiary/aromatic N) is 3. The summed E-state index contributed by atoms with van der Waals surface area (Å²) in [5.74, 6) is -4.16. The average Bonchev–Trinajstić information content (AvgIpc) is 3.37. The van der Waals surface area contributed by atoms with Gasteiger partial charge in [-0.1, -0.05) is 30.0 Å². The molecule has 1 amide bonds. The third-order valence-electron chi connectivity index (χ3n) is 4.53. The van der Waals surface area contributed by atoms with E-state index in [2.05, 4.69) is 5.10 Å². The molecule has 0 aliphatic rings. The molecule has 2 N–H and O–H groups in total. The molecule has 0 radical (unpaired) electrons. The number of nitrogens with two attached hydrogens (primary N) is 1. The van der Waals surface area contributed by atoms with E-state index in [1.807, 2.05) is 0 Å². The molecule has 0 aliphatic heterocycles. The molecule has 0 saturated carbocycles. The molecule has 0 spiro atoms. The first-order chi connectivity index (χ1) is 15.1. The van der Waals surface area contributed by atoms with Crippen molar-refractivity contribution in [3.8, 4) is 5.75 Å². The molecule has 13 heteroatoms. The number of hydrogen-bond donors (Lipinski definition) is 1. The molecule has 2 heterocycles. The Balaban J connectivity index is 0.00000385. The van der Waals surface area contributed by atoms with Crippen molar-refractivity contribution >= 4 is 62.8 Å². The molecule has 10 nitrogen and oxygen atoms in total. The number of ketones is 1. The first-order valence-corrected chi connectivity index (χ1v) is 10.5. The molecule has 1 unspecified atom stereocenters. The smallest absolute Gasteiger partial charge is 0.546 e. The molecular formula is C20H17N4NaO6S2. The Kier molecular flexibility index (Phi) is 8.97. The normalized spacial score (nSPS) is 11.5. The summed E-state index contributed by atoms with van der Waals surface area (Å²) >= 11 is 6.40. The monoisotopic (exact) mass is 496 g/mol. The number of aliphatic carboxylic acids is 1. The number of rotatable bonds is 7. The molecule has 0 saturated heterocycles. The maximum atomic E-state index is 13.3. The molecular weight excluding hydrogens is 479 g/mol. The first kappa shape index (κ1) is 26.7. The number of carbonyl (C=O) groups excluding carboxylic acids is 4. The predicted octanol–water partition coefficient (Wildman–Crippen LogP) is -2.46. The van der Waals surface area contributed by atoms with Crippen LogP contribution in [0.15, 0.2) is 36.7 Å². The van der Waals surface area contributed by atoms with Gasteiger partial charge in [0.05, 0.1) is 27.7 Å². The molecule has 166 valence electrons. The van der Waals surface area contributed by atoms with Gasteiger partial charge in [-0.25, -0.2) is 4.68 Å². The topological polar surface area (TPSA) is 149 Å². The van der Waals surface area contributed by atoms with Crippen LogP contribution in [0.5, 0.6) is 5.75 Å². The molecule has 1 aromatic carbocycles. The molecule has 2 aromatic heterocycles. The summed E-state index contributed by atoms with van der Waals surface area (Å²) < 4.78 is 8.30. The van der Waals surface area contributed by atoms with Gasteiger partial charge in [0.15, 0.2) is 4.32 Å². The number of Topliss-reactive ketones (excluding diaryl/α,β-unsaturated/α-hetero) is 1. The standard InChI is InChI=1S/C20H18N4O6S2.Na/c1-10-15(17(27)18(21)28)16-12(5-3-6-13(16)30-9-14(25)26)24(10)19(29)11(2)32-20(31)23-8-4-7-22-23;/h3-8,11H,9H2,1-2H3,(H2,21,28)(H,25,26);/q;+1/p-1. The Labute approximate surface area is 219 Å². The third-order valence-corrected chi connectivity index (χ3v) is 5.95. The van der Waals surface area contributed by atoms with Crippen molar-refractivity contribution < 1.29 is 58.6 Å². The van der Waals surface area contributed by atoms with E-state index in [9.17, 15) is 24.3 Å². The van der Waals surface area contributed by atoms with Crippen LogP contribution in [-0.2, 0) is 9.59 Å². The van der Waals surface area contributed by atoms with E-state index in [0.717, 1.165) is 11.8 Å². The number of aromatic nitrogens is 3. The van der Waals surface area contributed by atoms with Gasteiger partial charge >= 0.3 is 29.6 Å². The van der Waals surface area contributed by atoms with E-state index >= 15 is 0 Å². The maximum absolute atomic E-state index is 13.3. The van der Waals surface area contributed by atoms with Crippen molar-refractivity contribution in [3.63, 3.8) is 0 Å². The third kappa shape index (κ3) is 5.53. The molecule has 3 rings (SSSR count). The number of hydrogen-bond acceptors (Lipinski definition) is 9. The molecule has 0 fully saturated rings. The van der Waals surface area contributed by atoms with Crippen molar-refractivity contribution in [3.05, 3.63) is 47.9 Å². The van der Waals surface area contributed by atoms with Gasteiger partial charge in [-0.15, -0.1) is 0 Å². The van der Waals surface area contributed by atoms with Crippen molar-refractivity contribution in [2.45, 2.75) is 19.1 Å². The number of carboxylic acids is 1. The second-order valence-electron chi connectivity index (χ2n) is 6.62. The SMILES string of the molecule is Cc1c(C(=O)C(N)=O)c2c(OCC(=O)[O-])cccc2n1C(=O)C(C)SC(=S)n1cccn1.[Na+]. The largest absolute Gasteiger partial charge is 1.00 e. The fraction of sp³-hybridized carbons (Fsp3) is 0.200. The van der Waals surface area contributed by atoms with E-state index in [4.69, 9.17) is 22.7 Å².